The van der Waals surface area contributed by atoms with Gasteiger partial charge < -0.3 is 5.32 Å². The minimum Gasteiger partial charge on any atom is -0.350 e. The third kappa shape index (κ3) is 3.14. The predicted octanol–water partition coefficient (Wildman–Crippen LogP) is 3.20. The molecule has 1 aromatic carbocycles. The lowest BCUT2D eigenvalue weighted by molar-refractivity contribution is 0.846. The highest BCUT2D eigenvalue weighted by Gasteiger charge is 2.06. The van der Waals surface area contributed by atoms with Crippen LogP contribution in [0.2, 0.25) is 0 Å². The Morgan fingerprint density at radius 3 is 2.36 bits per heavy atom. The van der Waals surface area contributed by atoms with Gasteiger partial charge in [0, 0.05) is 24.1 Å². The second-order valence-electron chi connectivity index (χ2n) is 5.36. The topological polar surface area (TPSA) is 55.6 Å². The van der Waals surface area contributed by atoms with Crippen molar-refractivity contribution in [1.29, 1.82) is 0 Å². The molecule has 5 nitrogen and oxygen atoms in total. The van der Waals surface area contributed by atoms with Crippen molar-refractivity contribution >= 4 is 5.95 Å². The molecule has 0 saturated heterocycles. The normalized spacial score (nSPS) is 10.7. The molecular formula is C17H19N5. The summed E-state index contributed by atoms with van der Waals surface area (Å²) < 4.78 is 1.90. The number of rotatable bonds is 4. The van der Waals surface area contributed by atoms with E-state index in [1.54, 1.807) is 0 Å². The Morgan fingerprint density at radius 2 is 1.68 bits per heavy atom. The van der Waals surface area contributed by atoms with Crippen LogP contribution >= 0.6 is 0 Å². The van der Waals surface area contributed by atoms with E-state index in [1.807, 2.05) is 55.9 Å². The smallest absolute Gasteiger partial charge is 0.223 e. The van der Waals surface area contributed by atoms with Gasteiger partial charge >= 0.3 is 0 Å². The zero-order valence-corrected chi connectivity index (χ0v) is 13.0. The molecular weight excluding hydrogens is 274 g/mol. The fourth-order valence-corrected chi connectivity index (χ4v) is 2.41. The molecule has 3 aromatic rings. The fraction of sp³-hybridized carbons (Fsp3) is 0.235. The summed E-state index contributed by atoms with van der Waals surface area (Å²) in [6.45, 7) is 6.58. The van der Waals surface area contributed by atoms with Crippen LogP contribution in [0.3, 0.4) is 0 Å². The first-order valence-corrected chi connectivity index (χ1v) is 7.28. The number of aryl methyl sites for hydroxylation is 3. The molecule has 0 amide bonds. The second-order valence-corrected chi connectivity index (χ2v) is 5.36. The maximum Gasteiger partial charge on any atom is 0.223 e. The van der Waals surface area contributed by atoms with Gasteiger partial charge in [-0.1, -0.05) is 18.2 Å². The molecule has 22 heavy (non-hydrogen) atoms. The van der Waals surface area contributed by atoms with Crippen LogP contribution in [0.4, 0.5) is 5.95 Å². The monoisotopic (exact) mass is 293 g/mol. The molecule has 0 unspecified atom stereocenters. The van der Waals surface area contributed by atoms with Crippen molar-refractivity contribution in [1.82, 2.24) is 19.7 Å². The van der Waals surface area contributed by atoms with Crippen LogP contribution in [-0.4, -0.2) is 19.7 Å². The van der Waals surface area contributed by atoms with E-state index in [0.29, 0.717) is 12.5 Å². The summed E-state index contributed by atoms with van der Waals surface area (Å²) in [6.07, 6.45) is 1.97. The van der Waals surface area contributed by atoms with Crippen LogP contribution in [0.25, 0.3) is 5.69 Å². The number of benzene rings is 1. The van der Waals surface area contributed by atoms with E-state index in [-0.39, 0.29) is 0 Å². The summed E-state index contributed by atoms with van der Waals surface area (Å²) in [4.78, 5) is 8.82. The highest BCUT2D eigenvalue weighted by atomic mass is 15.3. The van der Waals surface area contributed by atoms with E-state index >= 15 is 0 Å². The van der Waals surface area contributed by atoms with Crippen LogP contribution in [0, 0.1) is 20.8 Å². The zero-order valence-electron chi connectivity index (χ0n) is 13.0. The van der Waals surface area contributed by atoms with Crippen molar-refractivity contribution in [2.24, 2.45) is 0 Å². The Kier molecular flexibility index (Phi) is 3.87. The van der Waals surface area contributed by atoms with Crippen molar-refractivity contribution in [3.63, 3.8) is 0 Å². The van der Waals surface area contributed by atoms with Crippen molar-refractivity contribution in [3.05, 3.63) is 65.2 Å². The maximum absolute atomic E-state index is 4.48. The SMILES string of the molecule is Cc1cc(C)nc(NCc2ccccc2-n2ccc(C)n2)n1. The van der Waals surface area contributed by atoms with E-state index in [4.69, 9.17) is 0 Å². The molecule has 0 aliphatic heterocycles. The third-order valence-electron chi connectivity index (χ3n) is 3.38. The standard InChI is InChI=1S/C17H19N5/c1-12-8-9-22(21-12)16-7-5-4-6-15(16)11-18-17-19-13(2)10-14(3)20-17/h4-10H,11H2,1-3H3,(H,18,19,20). The van der Waals surface area contributed by atoms with E-state index < -0.39 is 0 Å². The van der Waals surface area contributed by atoms with Crippen LogP contribution in [0.1, 0.15) is 22.6 Å². The molecule has 0 aliphatic rings. The average Bonchev–Trinajstić information content (AvgIpc) is 2.91. The molecule has 0 radical (unpaired) electrons. The molecule has 0 saturated carbocycles. The highest BCUT2D eigenvalue weighted by Crippen LogP contribution is 2.15. The minimum atomic E-state index is 0.651. The number of nitrogens with one attached hydrogen (secondary N) is 1. The average molecular weight is 293 g/mol. The predicted molar refractivity (Wildman–Crippen MR) is 87.1 cm³/mol. The number of anilines is 1. The molecule has 0 fully saturated rings. The van der Waals surface area contributed by atoms with Gasteiger partial charge in [-0.2, -0.15) is 5.10 Å². The largest absolute Gasteiger partial charge is 0.350 e. The highest BCUT2D eigenvalue weighted by molar-refractivity contribution is 5.42. The molecule has 1 N–H and O–H groups in total. The van der Waals surface area contributed by atoms with Crippen molar-refractivity contribution in [3.8, 4) is 5.69 Å². The molecule has 0 spiro atoms. The van der Waals surface area contributed by atoms with E-state index in [0.717, 1.165) is 28.3 Å². The Morgan fingerprint density at radius 1 is 0.955 bits per heavy atom. The lowest BCUT2D eigenvalue weighted by Crippen LogP contribution is -2.08. The van der Waals surface area contributed by atoms with Crippen molar-refractivity contribution in [2.45, 2.75) is 27.3 Å². The van der Waals surface area contributed by atoms with Crippen molar-refractivity contribution < 1.29 is 0 Å². The molecule has 112 valence electrons. The van der Waals surface area contributed by atoms with Gasteiger partial charge in [0.2, 0.25) is 5.95 Å². The summed E-state index contributed by atoms with van der Waals surface area (Å²) in [5.74, 6) is 0.656. The van der Waals surface area contributed by atoms with Crippen LogP contribution in [0.5, 0.6) is 0 Å². The number of hydrogen-bond donors (Lipinski definition) is 1. The van der Waals surface area contributed by atoms with Crippen LogP contribution in [-0.2, 0) is 6.54 Å². The number of nitrogens with zero attached hydrogens (tertiary/aromatic N) is 4. The lowest BCUT2D eigenvalue weighted by Gasteiger charge is -2.11. The summed E-state index contributed by atoms with van der Waals surface area (Å²) in [5, 5.41) is 7.78. The first-order valence-electron chi connectivity index (χ1n) is 7.28. The van der Waals surface area contributed by atoms with Gasteiger partial charge in [-0.25, -0.2) is 14.6 Å². The van der Waals surface area contributed by atoms with Crippen LogP contribution in [0.15, 0.2) is 42.6 Å². The van der Waals surface area contributed by atoms with E-state index in [2.05, 4.69) is 32.5 Å². The summed E-state index contributed by atoms with van der Waals surface area (Å²) in [5.41, 5.74) is 5.14. The van der Waals surface area contributed by atoms with E-state index in [9.17, 15) is 0 Å². The quantitative estimate of drug-likeness (QED) is 0.802. The van der Waals surface area contributed by atoms with Gasteiger partial charge in [0.25, 0.3) is 0 Å². The van der Waals surface area contributed by atoms with Gasteiger partial charge in [-0.15, -0.1) is 0 Å². The Bertz CT molecular complexity index is 771. The van der Waals surface area contributed by atoms with Gasteiger partial charge in [0.05, 0.1) is 11.4 Å². The second kappa shape index (κ2) is 5.97. The number of hydrogen-bond acceptors (Lipinski definition) is 4. The van der Waals surface area contributed by atoms with Gasteiger partial charge in [0.15, 0.2) is 0 Å². The number of aromatic nitrogens is 4. The molecule has 2 aromatic heterocycles. The molecule has 0 aliphatic carbocycles. The molecule has 0 atom stereocenters. The lowest BCUT2D eigenvalue weighted by atomic mass is 10.2. The van der Waals surface area contributed by atoms with Crippen LogP contribution < -0.4 is 5.32 Å². The zero-order chi connectivity index (χ0) is 15.5. The fourth-order valence-electron chi connectivity index (χ4n) is 2.41. The Hall–Kier alpha value is -2.69. The first-order chi connectivity index (χ1) is 10.6. The molecule has 2 heterocycles. The van der Waals surface area contributed by atoms with Gasteiger partial charge in [0.1, 0.15) is 0 Å². The molecule has 0 bridgehead atoms. The third-order valence-corrected chi connectivity index (χ3v) is 3.38. The minimum absolute atomic E-state index is 0.651. The Balaban J connectivity index is 1.84. The van der Waals surface area contributed by atoms with Gasteiger partial charge in [-0.3, -0.25) is 0 Å². The molecule has 5 heteroatoms. The molecule has 3 rings (SSSR count). The van der Waals surface area contributed by atoms with Crippen molar-refractivity contribution in [2.75, 3.05) is 5.32 Å². The summed E-state index contributed by atoms with van der Waals surface area (Å²) >= 11 is 0. The Labute approximate surface area is 130 Å². The van der Waals surface area contributed by atoms with Gasteiger partial charge in [-0.05, 0) is 44.5 Å². The number of para-hydroxylation sites is 1. The van der Waals surface area contributed by atoms with E-state index in [1.165, 1.54) is 0 Å². The summed E-state index contributed by atoms with van der Waals surface area (Å²) in [7, 11) is 0. The first kappa shape index (κ1) is 14.3. The maximum atomic E-state index is 4.48. The summed E-state index contributed by atoms with van der Waals surface area (Å²) in [6, 6.07) is 12.2.